The molecule has 9 N–H and O–H groups in total. The van der Waals surface area contributed by atoms with Crippen molar-refractivity contribution in [3.63, 3.8) is 0 Å². The van der Waals surface area contributed by atoms with Crippen molar-refractivity contribution in [2.24, 2.45) is 11.5 Å². The van der Waals surface area contributed by atoms with Gasteiger partial charge in [0.15, 0.2) is 5.75 Å². The molecule has 0 bridgehead atoms. The molecule has 0 radical (unpaired) electrons. The summed E-state index contributed by atoms with van der Waals surface area (Å²) in [4.78, 5) is 42.0. The fourth-order valence-electron chi connectivity index (χ4n) is 1.52. The quantitative estimate of drug-likeness (QED) is 0.271. The van der Waals surface area contributed by atoms with E-state index in [1.807, 2.05) is 0 Å². The minimum atomic E-state index is -1.16. The molecule has 13 heteroatoms. The maximum absolute atomic E-state index is 11.5. The van der Waals surface area contributed by atoms with E-state index in [4.69, 9.17) is 44.9 Å². The van der Waals surface area contributed by atoms with Crippen molar-refractivity contribution in [1.29, 1.82) is 0 Å². The SMILES string of the molecule is NCC(=O)NCC(=O)O.N[C@@H](CCC(=O)Nc1cc(Cl)c(O)c(Cl)c1)C(=O)O. The molecule has 156 valence electrons. The summed E-state index contributed by atoms with van der Waals surface area (Å²) in [6.45, 7) is -0.538. The number of nitrogens with one attached hydrogen (secondary N) is 2. The summed E-state index contributed by atoms with van der Waals surface area (Å²) in [6, 6.07) is 1.58. The van der Waals surface area contributed by atoms with Crippen LogP contribution in [0.25, 0.3) is 0 Å². The van der Waals surface area contributed by atoms with Crippen LogP contribution in [0, 0.1) is 0 Å². The molecule has 0 spiro atoms. The highest BCUT2D eigenvalue weighted by Crippen LogP contribution is 2.34. The second-order valence-electron chi connectivity index (χ2n) is 5.19. The van der Waals surface area contributed by atoms with Crippen molar-refractivity contribution >= 4 is 52.6 Å². The van der Waals surface area contributed by atoms with E-state index in [1.54, 1.807) is 0 Å². The van der Waals surface area contributed by atoms with E-state index in [-0.39, 0.29) is 41.7 Å². The highest BCUT2D eigenvalue weighted by Gasteiger charge is 2.14. The van der Waals surface area contributed by atoms with Crippen LogP contribution in [0.1, 0.15) is 12.8 Å². The van der Waals surface area contributed by atoms with Crippen molar-refractivity contribution in [2.75, 3.05) is 18.4 Å². The molecule has 0 aliphatic carbocycles. The van der Waals surface area contributed by atoms with Gasteiger partial charge in [-0.2, -0.15) is 0 Å². The van der Waals surface area contributed by atoms with E-state index in [9.17, 15) is 24.3 Å². The number of phenols is 1. The van der Waals surface area contributed by atoms with Crippen molar-refractivity contribution in [1.82, 2.24) is 5.32 Å². The number of halogens is 2. The molecule has 0 aromatic heterocycles. The molecule has 1 rings (SSSR count). The standard InChI is InChI=1S/C11H12Cl2N2O4.C4H8N2O3/c12-6-3-5(4-7(13)10(6)17)15-9(16)2-1-8(14)11(18)19;5-1-3(7)6-2-4(8)9/h3-4,8,17H,1-2,14H2,(H,15,16)(H,18,19);1-2,5H2,(H,6,7)(H,8,9)/t8-;/m0./s1. The first-order valence-electron chi connectivity index (χ1n) is 7.62. The van der Waals surface area contributed by atoms with Gasteiger partial charge in [-0.15, -0.1) is 0 Å². The normalized spacial score (nSPS) is 10.9. The highest BCUT2D eigenvalue weighted by molar-refractivity contribution is 6.37. The Morgan fingerprint density at radius 2 is 1.61 bits per heavy atom. The van der Waals surface area contributed by atoms with Gasteiger partial charge in [-0.3, -0.25) is 19.2 Å². The van der Waals surface area contributed by atoms with Crippen molar-refractivity contribution in [2.45, 2.75) is 18.9 Å². The van der Waals surface area contributed by atoms with Crippen LogP contribution >= 0.6 is 23.2 Å². The van der Waals surface area contributed by atoms with Gasteiger partial charge in [0.05, 0.1) is 16.6 Å². The number of hydrogen-bond acceptors (Lipinski definition) is 7. The molecule has 0 saturated heterocycles. The molecule has 1 aromatic carbocycles. The topological polar surface area (TPSA) is 205 Å². The Hall–Kier alpha value is -2.60. The fraction of sp³-hybridized carbons (Fsp3) is 0.333. The molecule has 11 nitrogen and oxygen atoms in total. The first-order chi connectivity index (χ1) is 13.0. The Bertz CT molecular complexity index is 707. The summed E-state index contributed by atoms with van der Waals surface area (Å²) < 4.78 is 0. The number of aliphatic carboxylic acids is 2. The molecule has 0 unspecified atom stereocenters. The number of carboxylic acid groups (broad SMARTS) is 2. The van der Waals surface area contributed by atoms with Gasteiger partial charge in [0.2, 0.25) is 11.8 Å². The van der Waals surface area contributed by atoms with Gasteiger partial charge in [-0.25, -0.2) is 0 Å². The number of benzene rings is 1. The third-order valence-corrected chi connectivity index (χ3v) is 3.50. The summed E-state index contributed by atoms with van der Waals surface area (Å²) in [5.74, 6) is -3.39. The lowest BCUT2D eigenvalue weighted by atomic mass is 10.1. The molecule has 0 saturated carbocycles. The van der Waals surface area contributed by atoms with Gasteiger partial charge in [0.25, 0.3) is 0 Å². The van der Waals surface area contributed by atoms with Crippen molar-refractivity contribution in [3.8, 4) is 5.75 Å². The minimum absolute atomic E-state index is 0.00466. The molecular weight excluding hydrogens is 419 g/mol. The van der Waals surface area contributed by atoms with Gasteiger partial charge in [-0.05, 0) is 18.6 Å². The zero-order chi connectivity index (χ0) is 21.9. The molecule has 0 fully saturated rings. The number of phenolic OH excluding ortho intramolecular Hbond substituents is 1. The lowest BCUT2D eigenvalue weighted by molar-refractivity contribution is -0.139. The van der Waals surface area contributed by atoms with E-state index in [2.05, 4.69) is 10.6 Å². The zero-order valence-electron chi connectivity index (χ0n) is 14.4. The zero-order valence-corrected chi connectivity index (χ0v) is 16.0. The van der Waals surface area contributed by atoms with Crippen LogP contribution in [-0.2, 0) is 19.2 Å². The van der Waals surface area contributed by atoms with E-state index in [0.29, 0.717) is 5.69 Å². The molecule has 1 atom stereocenters. The molecular formula is C15H20Cl2N4O7. The second-order valence-corrected chi connectivity index (χ2v) is 6.01. The van der Waals surface area contributed by atoms with Gasteiger partial charge in [-0.1, -0.05) is 23.2 Å². The van der Waals surface area contributed by atoms with Gasteiger partial charge in [0.1, 0.15) is 12.6 Å². The number of carbonyl (C=O) groups excluding carboxylic acids is 2. The average molecular weight is 439 g/mol. The van der Waals surface area contributed by atoms with Crippen LogP contribution in [0.3, 0.4) is 0 Å². The van der Waals surface area contributed by atoms with Crippen LogP contribution in [0.4, 0.5) is 5.69 Å². The summed E-state index contributed by atoms with van der Waals surface area (Å²) >= 11 is 11.4. The van der Waals surface area contributed by atoms with E-state index in [1.165, 1.54) is 12.1 Å². The minimum Gasteiger partial charge on any atom is -0.505 e. The number of hydrogen-bond donors (Lipinski definition) is 7. The van der Waals surface area contributed by atoms with Crippen molar-refractivity contribution < 1.29 is 34.5 Å². The number of carboxylic acids is 2. The molecule has 28 heavy (non-hydrogen) atoms. The molecule has 1 aromatic rings. The summed E-state index contributed by atoms with van der Waals surface area (Å²) in [5.41, 5.74) is 10.4. The predicted octanol–water partition coefficient (Wildman–Crippen LogP) is -0.0245. The number of amides is 2. The molecule has 2 amide bonds. The largest absolute Gasteiger partial charge is 0.505 e. The lowest BCUT2D eigenvalue weighted by Crippen LogP contribution is -2.34. The number of rotatable bonds is 8. The monoisotopic (exact) mass is 438 g/mol. The Labute approximate surface area is 169 Å². The third-order valence-electron chi connectivity index (χ3n) is 2.92. The Morgan fingerprint density at radius 1 is 1.07 bits per heavy atom. The smallest absolute Gasteiger partial charge is 0.322 e. The highest BCUT2D eigenvalue weighted by atomic mass is 35.5. The number of anilines is 1. The van der Waals surface area contributed by atoms with Crippen LogP contribution in [0.5, 0.6) is 5.75 Å². The maximum atomic E-state index is 11.5. The second kappa shape index (κ2) is 12.7. The van der Waals surface area contributed by atoms with Gasteiger partial charge < -0.3 is 37.4 Å². The molecule has 0 heterocycles. The first kappa shape index (κ1) is 25.4. The first-order valence-corrected chi connectivity index (χ1v) is 8.38. The van der Waals surface area contributed by atoms with Gasteiger partial charge >= 0.3 is 11.9 Å². The van der Waals surface area contributed by atoms with Gasteiger partial charge in [0, 0.05) is 12.1 Å². The van der Waals surface area contributed by atoms with Crippen molar-refractivity contribution in [3.05, 3.63) is 22.2 Å². The van der Waals surface area contributed by atoms with Crippen LogP contribution in [0.15, 0.2) is 12.1 Å². The summed E-state index contributed by atoms with van der Waals surface area (Å²) in [5, 5.41) is 30.5. The van der Waals surface area contributed by atoms with Crippen LogP contribution < -0.4 is 22.1 Å². The van der Waals surface area contributed by atoms with Crippen LogP contribution in [-0.4, -0.2) is 58.2 Å². The predicted molar refractivity (Wildman–Crippen MR) is 101 cm³/mol. The van der Waals surface area contributed by atoms with E-state index in [0.717, 1.165) is 0 Å². The third kappa shape index (κ3) is 10.5. The summed E-state index contributed by atoms with van der Waals surface area (Å²) in [7, 11) is 0. The average Bonchev–Trinajstić information content (AvgIpc) is 2.62. The van der Waals surface area contributed by atoms with Crippen LogP contribution in [0.2, 0.25) is 10.0 Å². The number of aromatic hydroxyl groups is 1. The molecule has 0 aliphatic heterocycles. The van der Waals surface area contributed by atoms with E-state index < -0.39 is 29.8 Å². The molecule has 0 aliphatic rings. The number of nitrogens with two attached hydrogens (primary N) is 2. The van der Waals surface area contributed by atoms with E-state index >= 15 is 0 Å². The Morgan fingerprint density at radius 3 is 2.04 bits per heavy atom. The Balaban J connectivity index is 0.000000684. The lowest BCUT2D eigenvalue weighted by Gasteiger charge is -2.09. The summed E-state index contributed by atoms with van der Waals surface area (Å²) in [6.07, 6.45) is -0.0374. The fourth-order valence-corrected chi connectivity index (χ4v) is 2.00. The Kier molecular flexibility index (Phi) is 11.5. The maximum Gasteiger partial charge on any atom is 0.322 e. The number of carbonyl (C=O) groups is 4.